The van der Waals surface area contributed by atoms with E-state index in [1.807, 2.05) is 60.7 Å². The maximum atomic E-state index is 13.6. The van der Waals surface area contributed by atoms with E-state index in [0.29, 0.717) is 30.4 Å². The Morgan fingerprint density at radius 2 is 1.67 bits per heavy atom. The lowest BCUT2D eigenvalue weighted by Crippen LogP contribution is -2.45. The van der Waals surface area contributed by atoms with Crippen molar-refractivity contribution in [3.63, 3.8) is 0 Å². The number of allylic oxidation sites excluding steroid dienone is 1. The molecule has 3 aromatic carbocycles. The Hall–Kier alpha value is -4.77. The maximum absolute atomic E-state index is 13.6. The van der Waals surface area contributed by atoms with Crippen molar-refractivity contribution in [2.75, 3.05) is 6.61 Å². The van der Waals surface area contributed by atoms with Gasteiger partial charge in [0.2, 0.25) is 5.91 Å². The number of phenolic OH excluding ortho intramolecular Hbond substituents is 1. The first-order valence-corrected chi connectivity index (χ1v) is 17.4. The average molecular weight is 696 g/mol. The van der Waals surface area contributed by atoms with Crippen molar-refractivity contribution < 1.29 is 43.5 Å². The van der Waals surface area contributed by atoms with Crippen molar-refractivity contribution in [3.8, 4) is 5.75 Å². The van der Waals surface area contributed by atoms with Crippen molar-refractivity contribution >= 4 is 23.9 Å². The van der Waals surface area contributed by atoms with Crippen molar-refractivity contribution in [1.82, 2.24) is 5.32 Å². The molecule has 4 atom stereocenters. The van der Waals surface area contributed by atoms with Crippen LogP contribution in [0.25, 0.3) is 6.08 Å². The minimum Gasteiger partial charge on any atom is -0.508 e. The van der Waals surface area contributed by atoms with Gasteiger partial charge >= 0.3 is 11.9 Å². The van der Waals surface area contributed by atoms with Crippen LogP contribution in [0.1, 0.15) is 72.6 Å². The van der Waals surface area contributed by atoms with Crippen LogP contribution in [0, 0.1) is 0 Å². The van der Waals surface area contributed by atoms with Crippen LogP contribution in [0.15, 0.2) is 90.5 Å². The van der Waals surface area contributed by atoms with Gasteiger partial charge in [-0.25, -0.2) is 4.79 Å². The maximum Gasteiger partial charge on any atom is 0.338 e. The van der Waals surface area contributed by atoms with Crippen molar-refractivity contribution in [2.24, 2.45) is 0 Å². The smallest absolute Gasteiger partial charge is 0.338 e. The van der Waals surface area contributed by atoms with Crippen LogP contribution < -0.4 is 5.32 Å². The second kappa shape index (κ2) is 15.2. The summed E-state index contributed by atoms with van der Waals surface area (Å²) >= 11 is 0. The van der Waals surface area contributed by atoms with E-state index in [2.05, 4.69) is 5.32 Å². The fraction of sp³-hybridized carbons (Fsp3) is 0.390. The van der Waals surface area contributed by atoms with E-state index in [4.69, 9.17) is 18.9 Å². The van der Waals surface area contributed by atoms with E-state index >= 15 is 0 Å². The molecule has 6 rings (SSSR count). The number of nitrogens with one attached hydrogen (secondary N) is 1. The van der Waals surface area contributed by atoms with Gasteiger partial charge in [-0.3, -0.25) is 9.59 Å². The Morgan fingerprint density at radius 3 is 2.33 bits per heavy atom. The van der Waals surface area contributed by atoms with Gasteiger partial charge in [-0.15, -0.1) is 0 Å². The van der Waals surface area contributed by atoms with Crippen LogP contribution in [-0.4, -0.2) is 70.4 Å². The summed E-state index contributed by atoms with van der Waals surface area (Å²) in [5.41, 5.74) is 3.98. The Kier molecular flexibility index (Phi) is 10.8. The van der Waals surface area contributed by atoms with E-state index in [0.717, 1.165) is 22.3 Å². The number of aliphatic hydroxyl groups is 1. The molecule has 51 heavy (non-hydrogen) atoms. The highest BCUT2D eigenvalue weighted by molar-refractivity contribution is 5.94. The second-order valence-corrected chi connectivity index (χ2v) is 14.4. The molecule has 0 bridgehead atoms. The minimum atomic E-state index is -0.947. The molecule has 0 aromatic heterocycles. The summed E-state index contributed by atoms with van der Waals surface area (Å²) in [6, 6.07) is 21.5. The van der Waals surface area contributed by atoms with Gasteiger partial charge in [-0.2, -0.15) is 0 Å². The number of aromatic hydroxyl groups is 1. The first-order chi connectivity index (χ1) is 24.4. The monoisotopic (exact) mass is 695 g/mol. The van der Waals surface area contributed by atoms with Gasteiger partial charge in [0.15, 0.2) is 5.79 Å². The molecule has 1 aliphatic heterocycles. The number of carbonyl (C=O) groups excluding carboxylic acids is 3. The summed E-state index contributed by atoms with van der Waals surface area (Å²) in [5.74, 6) is -2.13. The van der Waals surface area contributed by atoms with Gasteiger partial charge < -0.3 is 34.5 Å². The molecule has 1 heterocycles. The van der Waals surface area contributed by atoms with E-state index in [1.54, 1.807) is 51.1 Å². The van der Waals surface area contributed by atoms with Gasteiger partial charge in [0, 0.05) is 31.3 Å². The van der Waals surface area contributed by atoms with Gasteiger partial charge in [-0.1, -0.05) is 66.7 Å². The number of fused-ring (bicyclic) bond motifs is 2. The van der Waals surface area contributed by atoms with Gasteiger partial charge in [0.25, 0.3) is 0 Å². The van der Waals surface area contributed by atoms with Gasteiger partial charge in [-0.05, 0) is 80.1 Å². The lowest BCUT2D eigenvalue weighted by Gasteiger charge is -2.31. The lowest BCUT2D eigenvalue weighted by atomic mass is 9.91. The molecular formula is C41H45NO9. The number of benzene rings is 3. The van der Waals surface area contributed by atoms with Crippen LogP contribution in [0.2, 0.25) is 0 Å². The van der Waals surface area contributed by atoms with Crippen LogP contribution in [-0.2, 0) is 47.8 Å². The molecule has 0 unspecified atom stereocenters. The van der Waals surface area contributed by atoms with Crippen molar-refractivity contribution in [3.05, 3.63) is 118 Å². The van der Waals surface area contributed by atoms with E-state index < -0.39 is 53.6 Å². The zero-order valence-corrected chi connectivity index (χ0v) is 29.2. The second-order valence-electron chi connectivity index (χ2n) is 14.4. The molecule has 1 saturated heterocycles. The molecule has 0 radical (unpaired) electrons. The number of hydrogen-bond acceptors (Lipinski definition) is 9. The molecule has 268 valence electrons. The highest BCUT2D eigenvalue weighted by Gasteiger charge is 2.55. The molecule has 1 fully saturated rings. The molecule has 0 saturated carbocycles. The molecule has 3 N–H and O–H groups in total. The molecule has 10 heteroatoms. The van der Waals surface area contributed by atoms with Crippen LogP contribution in [0.4, 0.5) is 0 Å². The van der Waals surface area contributed by atoms with E-state index in [1.165, 1.54) is 0 Å². The summed E-state index contributed by atoms with van der Waals surface area (Å²) in [4.78, 5) is 39.4. The molecule has 2 aliphatic carbocycles. The van der Waals surface area contributed by atoms with Crippen molar-refractivity contribution in [1.29, 1.82) is 0 Å². The summed E-state index contributed by atoms with van der Waals surface area (Å²) in [5, 5.41) is 22.8. The Labute approximate surface area is 298 Å². The number of rotatable bonds is 11. The predicted molar refractivity (Wildman–Crippen MR) is 190 cm³/mol. The number of amides is 1. The number of phenols is 1. The zero-order valence-electron chi connectivity index (χ0n) is 29.2. The topological polar surface area (TPSA) is 141 Å². The Morgan fingerprint density at radius 1 is 0.980 bits per heavy atom. The van der Waals surface area contributed by atoms with Crippen LogP contribution >= 0.6 is 0 Å². The van der Waals surface area contributed by atoms with Crippen LogP contribution in [0.5, 0.6) is 5.75 Å². The minimum absolute atomic E-state index is 0.0258. The summed E-state index contributed by atoms with van der Waals surface area (Å²) in [6.07, 6.45) is 5.36. The number of ether oxygens (including phenoxy) is 4. The molecule has 3 aromatic rings. The third-order valence-corrected chi connectivity index (χ3v) is 9.23. The highest BCUT2D eigenvalue weighted by Crippen LogP contribution is 2.45. The standard InChI is InChI=1S/C41H45NO9/c1-40(2,3)50-36(45)20-19-32(25-43)42-38(46)31-21-34(37-35(22-31)49-41(51-37)23-29-11-4-5-12-30(29)24-41)48-39(47)28-17-15-26(16-18-28)9-8-13-27-10-6-7-14-33(27)44/h4-12,14-18,22,32,34-35,37,43-44H,13,19-21,23-25H2,1-3H3,(H,42,46)/t32-,34+,35+,37-/m0/s1. The number of hydrogen-bond donors (Lipinski definition) is 3. The fourth-order valence-corrected chi connectivity index (χ4v) is 6.78. The number of esters is 2. The van der Waals surface area contributed by atoms with Crippen LogP contribution in [0.3, 0.4) is 0 Å². The molecule has 10 nitrogen and oxygen atoms in total. The van der Waals surface area contributed by atoms with E-state index in [9.17, 15) is 24.6 Å². The zero-order chi connectivity index (χ0) is 36.2. The summed E-state index contributed by atoms with van der Waals surface area (Å²) < 4.78 is 24.6. The third-order valence-electron chi connectivity index (χ3n) is 9.23. The molecule has 1 spiro atoms. The lowest BCUT2D eigenvalue weighted by molar-refractivity contribution is -0.172. The summed E-state index contributed by atoms with van der Waals surface area (Å²) in [7, 11) is 0. The number of aliphatic hydroxyl groups excluding tert-OH is 1. The highest BCUT2D eigenvalue weighted by atomic mass is 16.8. The van der Waals surface area contributed by atoms with Gasteiger partial charge in [0.1, 0.15) is 29.7 Å². The SMILES string of the molecule is CC(C)(C)OC(=O)CC[C@@H](CO)NC(=O)C1=C[C@H]2OC3(Cc4ccccc4C3)O[C@H]2[C@H](OC(=O)c2ccc(C=CCc3ccccc3O)cc2)C1. The summed E-state index contributed by atoms with van der Waals surface area (Å²) in [6.45, 7) is 4.96. The third kappa shape index (κ3) is 8.94. The average Bonchev–Trinajstić information content (AvgIpc) is 3.64. The predicted octanol–water partition coefficient (Wildman–Crippen LogP) is 5.38. The first kappa shape index (κ1) is 36.0. The van der Waals surface area contributed by atoms with Gasteiger partial charge in [0.05, 0.1) is 18.2 Å². The van der Waals surface area contributed by atoms with E-state index in [-0.39, 0.29) is 31.6 Å². The largest absolute Gasteiger partial charge is 0.508 e. The Balaban J connectivity index is 1.14. The molecular weight excluding hydrogens is 650 g/mol. The number of carbonyl (C=O) groups is 3. The first-order valence-electron chi connectivity index (χ1n) is 17.4. The molecule has 1 amide bonds. The normalized spacial score (nSPS) is 21.1. The number of para-hydroxylation sites is 1. The fourth-order valence-electron chi connectivity index (χ4n) is 6.78. The molecule has 3 aliphatic rings. The Bertz CT molecular complexity index is 1780. The van der Waals surface area contributed by atoms with Crippen molar-refractivity contribution in [2.45, 2.75) is 95.0 Å². The quantitative estimate of drug-likeness (QED) is 0.226.